The summed E-state index contributed by atoms with van der Waals surface area (Å²) < 4.78 is 10.6. The van der Waals surface area contributed by atoms with Gasteiger partial charge < -0.3 is 19.3 Å². The highest BCUT2D eigenvalue weighted by molar-refractivity contribution is 7.13. The van der Waals surface area contributed by atoms with Gasteiger partial charge in [0.2, 0.25) is 17.7 Å². The third-order valence-corrected chi connectivity index (χ3v) is 6.99. The molecule has 2 fully saturated rings. The molecule has 3 aromatic rings. The molecule has 2 saturated heterocycles. The summed E-state index contributed by atoms with van der Waals surface area (Å²) in [7, 11) is 3.17. The van der Waals surface area contributed by atoms with Crippen LogP contribution in [0, 0.1) is 11.8 Å². The van der Waals surface area contributed by atoms with Crippen LogP contribution in [0.5, 0.6) is 11.8 Å². The number of anilines is 1. The van der Waals surface area contributed by atoms with Crippen molar-refractivity contribution in [2.45, 2.75) is 0 Å². The smallest absolute Gasteiger partial charge is 0.254 e. The van der Waals surface area contributed by atoms with Gasteiger partial charge in [-0.05, 0) is 17.5 Å². The van der Waals surface area contributed by atoms with Crippen LogP contribution in [0.3, 0.4) is 0 Å². The number of carbonyl (C=O) groups is 1. The van der Waals surface area contributed by atoms with E-state index in [1.54, 1.807) is 31.6 Å². The maximum absolute atomic E-state index is 13.4. The van der Waals surface area contributed by atoms with Crippen molar-refractivity contribution in [3.8, 4) is 22.2 Å². The fourth-order valence-corrected chi connectivity index (χ4v) is 5.32. The van der Waals surface area contributed by atoms with Crippen LogP contribution < -0.4 is 14.4 Å². The van der Waals surface area contributed by atoms with Gasteiger partial charge in [0, 0.05) is 54.0 Å². The van der Waals surface area contributed by atoms with Crippen LogP contribution in [-0.2, 0) is 0 Å². The fourth-order valence-electron chi connectivity index (χ4n) is 4.55. The number of aromatic nitrogens is 2. The summed E-state index contributed by atoms with van der Waals surface area (Å²) in [5.41, 5.74) is 1.79. The highest BCUT2D eigenvalue weighted by atomic mass is 32.1. The minimum atomic E-state index is 0.115. The lowest BCUT2D eigenvalue weighted by molar-refractivity contribution is 0.0783. The summed E-state index contributed by atoms with van der Waals surface area (Å²) in [6.45, 7) is 3.13. The number of fused-ring (bicyclic) bond motifs is 1. The molecule has 160 valence electrons. The van der Waals surface area contributed by atoms with Crippen molar-refractivity contribution in [1.82, 2.24) is 14.9 Å². The number of nitrogens with zero attached hydrogens (tertiary/aromatic N) is 4. The summed E-state index contributed by atoms with van der Waals surface area (Å²) in [6, 6.07) is 13.7. The maximum atomic E-state index is 13.4. The maximum Gasteiger partial charge on any atom is 0.254 e. The minimum Gasteiger partial charge on any atom is -0.481 e. The fraction of sp³-hybridized carbons (Fsp3) is 0.348. The number of ether oxygens (including phenoxy) is 2. The Bertz CT molecular complexity index is 1050. The molecule has 8 heteroatoms. The molecule has 4 heterocycles. The third kappa shape index (κ3) is 3.72. The molecule has 7 nitrogen and oxygen atoms in total. The number of rotatable bonds is 5. The molecule has 0 saturated carbocycles. The number of amides is 1. The van der Waals surface area contributed by atoms with Gasteiger partial charge in [-0.3, -0.25) is 4.79 Å². The predicted molar refractivity (Wildman–Crippen MR) is 120 cm³/mol. The third-order valence-electron chi connectivity index (χ3n) is 6.09. The largest absolute Gasteiger partial charge is 0.481 e. The number of carbonyl (C=O) groups excluding carboxylic acids is 1. The van der Waals surface area contributed by atoms with E-state index in [1.165, 1.54) is 0 Å². The first kappa shape index (κ1) is 19.8. The van der Waals surface area contributed by atoms with Crippen molar-refractivity contribution < 1.29 is 14.3 Å². The average Bonchev–Trinajstić information content (AvgIpc) is 3.55. The SMILES string of the molecule is COc1cc(OC)nc(N2CC3CN(C(=O)c4ccccc4-c4cccs4)CC3C2)n1. The Morgan fingerprint density at radius 3 is 2.26 bits per heavy atom. The van der Waals surface area contributed by atoms with Crippen LogP contribution in [0.1, 0.15) is 10.4 Å². The normalized spacial score (nSPS) is 20.1. The molecule has 1 amide bonds. The van der Waals surface area contributed by atoms with E-state index in [1.807, 2.05) is 40.6 Å². The zero-order chi connectivity index (χ0) is 21.4. The second-order valence-corrected chi connectivity index (χ2v) is 8.86. The second-order valence-electron chi connectivity index (χ2n) is 7.91. The zero-order valence-corrected chi connectivity index (χ0v) is 18.3. The Balaban J connectivity index is 1.31. The van der Waals surface area contributed by atoms with Gasteiger partial charge in [0.1, 0.15) is 0 Å². The van der Waals surface area contributed by atoms with Crippen LogP contribution in [0.4, 0.5) is 5.95 Å². The van der Waals surface area contributed by atoms with Gasteiger partial charge in [-0.15, -0.1) is 11.3 Å². The van der Waals surface area contributed by atoms with Crippen molar-refractivity contribution in [3.63, 3.8) is 0 Å². The molecule has 2 aliphatic rings. The molecule has 31 heavy (non-hydrogen) atoms. The lowest BCUT2D eigenvalue weighted by atomic mass is 10.0. The summed E-state index contributed by atoms with van der Waals surface area (Å²) in [4.78, 5) is 27.6. The van der Waals surface area contributed by atoms with Gasteiger partial charge in [-0.25, -0.2) is 0 Å². The van der Waals surface area contributed by atoms with E-state index < -0.39 is 0 Å². The van der Waals surface area contributed by atoms with Gasteiger partial charge in [0.25, 0.3) is 5.91 Å². The number of likely N-dealkylation sites (tertiary alicyclic amines) is 1. The van der Waals surface area contributed by atoms with Crippen molar-refractivity contribution in [1.29, 1.82) is 0 Å². The van der Waals surface area contributed by atoms with E-state index in [9.17, 15) is 4.79 Å². The van der Waals surface area contributed by atoms with E-state index in [0.29, 0.717) is 29.5 Å². The summed E-state index contributed by atoms with van der Waals surface area (Å²) in [5.74, 6) is 2.51. The zero-order valence-electron chi connectivity index (χ0n) is 17.5. The van der Waals surface area contributed by atoms with Crippen LogP contribution in [0.15, 0.2) is 47.8 Å². The molecular weight excluding hydrogens is 412 g/mol. The van der Waals surface area contributed by atoms with Crippen molar-refractivity contribution >= 4 is 23.2 Å². The van der Waals surface area contributed by atoms with Gasteiger partial charge >= 0.3 is 0 Å². The Morgan fingerprint density at radius 1 is 0.968 bits per heavy atom. The monoisotopic (exact) mass is 436 g/mol. The topological polar surface area (TPSA) is 67.8 Å². The Morgan fingerprint density at radius 2 is 1.65 bits per heavy atom. The summed E-state index contributed by atoms with van der Waals surface area (Å²) in [6.07, 6.45) is 0. The lowest BCUT2D eigenvalue weighted by Crippen LogP contribution is -2.34. The van der Waals surface area contributed by atoms with E-state index in [0.717, 1.165) is 42.2 Å². The van der Waals surface area contributed by atoms with E-state index >= 15 is 0 Å². The molecule has 2 atom stereocenters. The number of hydrogen-bond acceptors (Lipinski definition) is 7. The van der Waals surface area contributed by atoms with Gasteiger partial charge in [0.05, 0.1) is 20.3 Å². The number of hydrogen-bond donors (Lipinski definition) is 0. The second kappa shape index (κ2) is 8.19. The van der Waals surface area contributed by atoms with Gasteiger partial charge in [0.15, 0.2) is 0 Å². The Kier molecular flexibility index (Phi) is 5.23. The van der Waals surface area contributed by atoms with Crippen LogP contribution in [-0.4, -0.2) is 61.2 Å². The molecule has 0 aliphatic carbocycles. The van der Waals surface area contributed by atoms with E-state index in [4.69, 9.17) is 9.47 Å². The van der Waals surface area contributed by atoms with Crippen molar-refractivity contribution in [2.75, 3.05) is 45.3 Å². The summed E-state index contributed by atoms with van der Waals surface area (Å²) >= 11 is 1.66. The van der Waals surface area contributed by atoms with Gasteiger partial charge in [-0.2, -0.15) is 9.97 Å². The van der Waals surface area contributed by atoms with E-state index in [-0.39, 0.29) is 5.91 Å². The molecule has 2 aromatic heterocycles. The Hall–Kier alpha value is -3.13. The predicted octanol–water partition coefficient (Wildman–Crippen LogP) is 3.43. The average molecular weight is 437 g/mol. The highest BCUT2D eigenvalue weighted by Crippen LogP contribution is 2.36. The van der Waals surface area contributed by atoms with E-state index in [2.05, 4.69) is 20.9 Å². The molecule has 0 N–H and O–H groups in total. The first-order chi connectivity index (χ1) is 15.2. The molecule has 0 spiro atoms. The van der Waals surface area contributed by atoms with Crippen LogP contribution >= 0.6 is 11.3 Å². The molecule has 2 unspecified atom stereocenters. The molecule has 2 aliphatic heterocycles. The molecular formula is C23H24N4O3S. The lowest BCUT2D eigenvalue weighted by Gasteiger charge is -2.23. The molecule has 5 rings (SSSR count). The molecule has 0 radical (unpaired) electrons. The minimum absolute atomic E-state index is 0.115. The Labute approximate surface area is 185 Å². The standard InChI is InChI=1S/C23H24N4O3S/c1-29-20-10-21(30-2)25-23(24-20)27-13-15-11-26(12-16(15)14-27)22(28)18-7-4-3-6-17(18)19-8-5-9-31-19/h3-10,15-16H,11-14H2,1-2H3. The van der Waals surface area contributed by atoms with Gasteiger partial charge in [-0.1, -0.05) is 24.3 Å². The first-order valence-electron chi connectivity index (χ1n) is 10.3. The van der Waals surface area contributed by atoms with Crippen LogP contribution in [0.25, 0.3) is 10.4 Å². The van der Waals surface area contributed by atoms with Crippen molar-refractivity contribution in [2.24, 2.45) is 11.8 Å². The summed E-state index contributed by atoms with van der Waals surface area (Å²) in [5, 5.41) is 2.04. The molecule has 0 bridgehead atoms. The van der Waals surface area contributed by atoms with Crippen LogP contribution in [0.2, 0.25) is 0 Å². The highest BCUT2D eigenvalue weighted by Gasteiger charge is 2.43. The number of thiophene rings is 1. The quantitative estimate of drug-likeness (QED) is 0.611. The molecule has 1 aromatic carbocycles. The first-order valence-corrected chi connectivity index (χ1v) is 11.2. The number of benzene rings is 1. The van der Waals surface area contributed by atoms with Crippen molar-refractivity contribution in [3.05, 3.63) is 53.4 Å². The number of methoxy groups -OCH3 is 2.